The van der Waals surface area contributed by atoms with Gasteiger partial charge in [0, 0.05) is 61.3 Å². The van der Waals surface area contributed by atoms with Crippen molar-refractivity contribution >= 4 is 29.0 Å². The smallest absolute Gasteiger partial charge is 0.411 e. The average molecular weight is 604 g/mol. The minimum absolute atomic E-state index is 0. The third-order valence-electron chi connectivity index (χ3n) is 7.32. The Hall–Kier alpha value is -3.67. The van der Waals surface area contributed by atoms with Crippen LogP contribution in [-0.2, 0) is 19.3 Å². The Balaban J connectivity index is 0.00000405. The van der Waals surface area contributed by atoms with E-state index in [9.17, 15) is 23.1 Å². The zero-order chi connectivity index (χ0) is 29.0. The maximum absolute atomic E-state index is 13.6. The summed E-state index contributed by atoms with van der Waals surface area (Å²) in [5.74, 6) is 0. The van der Waals surface area contributed by atoms with Gasteiger partial charge in [-0.1, -0.05) is 12.1 Å². The van der Waals surface area contributed by atoms with Crippen molar-refractivity contribution < 1.29 is 23.1 Å². The van der Waals surface area contributed by atoms with Gasteiger partial charge in [0.15, 0.2) is 5.43 Å². The Morgan fingerprint density at radius 1 is 1.14 bits per heavy atom. The molecule has 42 heavy (non-hydrogen) atoms. The Bertz CT molecular complexity index is 1570. The number of nitrogens with zero attached hydrogens (tertiary/aromatic N) is 5. The molecule has 0 amide bonds. The molecule has 4 aromatic rings. The molecule has 224 valence electrons. The molecule has 1 saturated heterocycles. The Morgan fingerprint density at radius 3 is 2.71 bits per heavy atom. The molecular weight excluding hydrogens is 571 g/mol. The molecule has 5 rings (SSSR count). The fourth-order valence-corrected chi connectivity index (χ4v) is 5.37. The van der Waals surface area contributed by atoms with Gasteiger partial charge in [-0.2, -0.15) is 17.9 Å². The Labute approximate surface area is 247 Å². The van der Waals surface area contributed by atoms with Crippen LogP contribution in [0.1, 0.15) is 35.2 Å². The molecule has 0 unspecified atom stereocenters. The van der Waals surface area contributed by atoms with E-state index in [2.05, 4.69) is 14.9 Å². The van der Waals surface area contributed by atoms with Crippen LogP contribution in [0.5, 0.6) is 0 Å². The molecule has 0 aliphatic carbocycles. The average Bonchev–Trinajstić information content (AvgIpc) is 2.97. The molecule has 1 aliphatic rings. The number of halogens is 4. The number of hydrogen-bond donors (Lipinski definition) is 1. The van der Waals surface area contributed by atoms with Crippen molar-refractivity contribution in [3.05, 3.63) is 99.9 Å². The number of alkyl halides is 3. The summed E-state index contributed by atoms with van der Waals surface area (Å²) < 4.78 is 41.7. The molecule has 0 radical (unpaired) electrons. The lowest BCUT2D eigenvalue weighted by molar-refractivity contribution is -0.137. The number of fused-ring (bicyclic) bond motifs is 1. The molecule has 1 aromatic carbocycles. The number of aromatic nitrogens is 3. The van der Waals surface area contributed by atoms with E-state index in [4.69, 9.17) is 4.84 Å². The number of benzene rings is 1. The number of aliphatic hydroxyl groups is 1. The van der Waals surface area contributed by atoms with Gasteiger partial charge in [0.1, 0.15) is 6.61 Å². The van der Waals surface area contributed by atoms with Gasteiger partial charge < -0.3 is 14.8 Å². The van der Waals surface area contributed by atoms with Gasteiger partial charge in [0.2, 0.25) is 0 Å². The highest BCUT2D eigenvalue weighted by atomic mass is 35.5. The van der Waals surface area contributed by atoms with Gasteiger partial charge in [-0.25, -0.2) is 0 Å². The molecular formula is C30H33ClF3N5O3. The predicted molar refractivity (Wildman–Crippen MR) is 157 cm³/mol. The lowest BCUT2D eigenvalue weighted by Crippen LogP contribution is -2.48. The van der Waals surface area contributed by atoms with Gasteiger partial charge >= 0.3 is 6.18 Å². The summed E-state index contributed by atoms with van der Waals surface area (Å²) in [7, 11) is 0. The van der Waals surface area contributed by atoms with Crippen LogP contribution in [0, 0.1) is 6.92 Å². The summed E-state index contributed by atoms with van der Waals surface area (Å²) in [6, 6.07) is 12.2. The zero-order valence-corrected chi connectivity index (χ0v) is 23.9. The number of hydrogen-bond acceptors (Lipinski definition) is 7. The van der Waals surface area contributed by atoms with Crippen molar-refractivity contribution in [1.29, 1.82) is 0 Å². The maximum Gasteiger partial charge on any atom is 0.417 e. The van der Waals surface area contributed by atoms with E-state index in [1.807, 2.05) is 30.0 Å². The standard InChI is InChI=1S/C30H32F3N5O3.ClH/c1-21-13-22(8-9-35-21)17-37(18-23-19-38(41-12-11-39)28-7-3-2-6-27(28)29(23)40)25-5-4-10-36(20-25)26-14-24(15-34-16-26)30(31,32)33;/h2-3,6-9,13-16,19,25,39H,4-5,10-12,17-18,20H2,1H3;1H/t25-;/m0./s1. The van der Waals surface area contributed by atoms with Crippen LogP contribution < -0.4 is 15.2 Å². The van der Waals surface area contributed by atoms with Crippen molar-refractivity contribution in [3.63, 3.8) is 0 Å². The van der Waals surface area contributed by atoms with Crippen LogP contribution in [0.25, 0.3) is 10.9 Å². The molecule has 8 nitrogen and oxygen atoms in total. The minimum atomic E-state index is -4.47. The molecule has 0 saturated carbocycles. The molecule has 0 spiro atoms. The van der Waals surface area contributed by atoms with E-state index >= 15 is 0 Å². The Kier molecular flexibility index (Phi) is 10.1. The van der Waals surface area contributed by atoms with Crippen LogP contribution in [0.3, 0.4) is 0 Å². The molecule has 4 heterocycles. The van der Waals surface area contributed by atoms with Crippen molar-refractivity contribution in [2.45, 2.75) is 45.1 Å². The number of pyridine rings is 3. The number of anilines is 1. The van der Waals surface area contributed by atoms with Crippen molar-refractivity contribution in [1.82, 2.24) is 19.6 Å². The zero-order valence-electron chi connectivity index (χ0n) is 23.1. The van der Waals surface area contributed by atoms with Gasteiger partial charge in [-0.3, -0.25) is 19.7 Å². The summed E-state index contributed by atoms with van der Waals surface area (Å²) in [5.41, 5.74) is 2.55. The Morgan fingerprint density at radius 2 is 1.95 bits per heavy atom. The quantitative estimate of drug-likeness (QED) is 0.299. The third-order valence-corrected chi connectivity index (χ3v) is 7.32. The first-order chi connectivity index (χ1) is 19.7. The monoisotopic (exact) mass is 603 g/mol. The highest BCUT2D eigenvalue weighted by Gasteiger charge is 2.33. The second kappa shape index (κ2) is 13.5. The van der Waals surface area contributed by atoms with E-state index in [1.165, 1.54) is 10.9 Å². The van der Waals surface area contributed by atoms with Crippen LogP contribution in [0.4, 0.5) is 18.9 Å². The van der Waals surface area contributed by atoms with E-state index in [0.29, 0.717) is 48.3 Å². The van der Waals surface area contributed by atoms with E-state index in [1.54, 1.807) is 30.6 Å². The lowest BCUT2D eigenvalue weighted by Gasteiger charge is -2.40. The van der Waals surface area contributed by atoms with Gasteiger partial charge in [-0.05, 0) is 55.7 Å². The van der Waals surface area contributed by atoms with Gasteiger partial charge in [0.05, 0.1) is 35.8 Å². The summed E-state index contributed by atoms with van der Waals surface area (Å²) in [5, 5.41) is 9.82. The van der Waals surface area contributed by atoms with Crippen LogP contribution >= 0.6 is 12.4 Å². The normalized spacial score (nSPS) is 15.6. The molecule has 3 aromatic heterocycles. The molecule has 1 aliphatic heterocycles. The van der Waals surface area contributed by atoms with E-state index in [0.717, 1.165) is 36.4 Å². The maximum atomic E-state index is 13.6. The SMILES string of the molecule is Cc1cc(CN(Cc2cn(OCCO)c3ccccc3c2=O)[C@H]2CCCN(c3cncc(C(F)(F)F)c3)C2)ccn1.Cl. The summed E-state index contributed by atoms with van der Waals surface area (Å²) in [6.07, 6.45) is 2.83. The number of aryl methyl sites for hydroxylation is 1. The highest BCUT2D eigenvalue weighted by molar-refractivity contribution is 5.85. The predicted octanol–water partition coefficient (Wildman–Crippen LogP) is 4.63. The molecule has 12 heteroatoms. The molecule has 1 atom stereocenters. The first-order valence-corrected chi connectivity index (χ1v) is 13.5. The van der Waals surface area contributed by atoms with Gasteiger partial charge in [-0.15, -0.1) is 12.4 Å². The largest absolute Gasteiger partial charge is 0.417 e. The van der Waals surface area contributed by atoms with E-state index < -0.39 is 11.7 Å². The second-order valence-electron chi connectivity index (χ2n) is 10.3. The highest BCUT2D eigenvalue weighted by Crippen LogP contribution is 2.32. The van der Waals surface area contributed by atoms with E-state index in [-0.39, 0.29) is 37.1 Å². The lowest BCUT2D eigenvalue weighted by atomic mass is 10.0. The van der Waals surface area contributed by atoms with Crippen molar-refractivity contribution in [3.8, 4) is 0 Å². The number of rotatable bonds is 9. The first kappa shape index (κ1) is 31.3. The molecule has 1 N–H and O–H groups in total. The van der Waals surface area contributed by atoms with Crippen molar-refractivity contribution in [2.24, 2.45) is 0 Å². The second-order valence-corrected chi connectivity index (χ2v) is 10.3. The van der Waals surface area contributed by atoms with Gasteiger partial charge in [0.25, 0.3) is 0 Å². The summed E-state index contributed by atoms with van der Waals surface area (Å²) in [6.45, 7) is 3.71. The topological polar surface area (TPSA) is 83.7 Å². The van der Waals surface area contributed by atoms with Crippen molar-refractivity contribution in [2.75, 3.05) is 31.2 Å². The molecule has 1 fully saturated rings. The fourth-order valence-electron chi connectivity index (χ4n) is 5.37. The third kappa shape index (κ3) is 7.21. The summed E-state index contributed by atoms with van der Waals surface area (Å²) in [4.78, 5) is 31.6. The van der Waals surface area contributed by atoms with Crippen LogP contribution in [-0.4, -0.2) is 57.0 Å². The number of piperidine rings is 1. The first-order valence-electron chi connectivity index (χ1n) is 13.5. The number of aliphatic hydroxyl groups excluding tert-OH is 1. The fraction of sp³-hybridized carbons (Fsp3) is 0.367. The van der Waals surface area contributed by atoms with Crippen LogP contribution in [0.15, 0.2) is 72.0 Å². The number of para-hydroxylation sites is 1. The van der Waals surface area contributed by atoms with Crippen LogP contribution in [0.2, 0.25) is 0 Å². The molecule has 0 bridgehead atoms. The summed E-state index contributed by atoms with van der Waals surface area (Å²) >= 11 is 0. The minimum Gasteiger partial charge on any atom is -0.411 e.